The summed E-state index contributed by atoms with van der Waals surface area (Å²) in [5, 5.41) is 13.5. The van der Waals surface area contributed by atoms with E-state index in [1.165, 1.54) is 6.42 Å². The number of hydrogen-bond acceptors (Lipinski definition) is 3. The molecule has 3 unspecified atom stereocenters. The number of hydrogen-bond donors (Lipinski definition) is 2. The van der Waals surface area contributed by atoms with Gasteiger partial charge in [0, 0.05) is 25.7 Å². The summed E-state index contributed by atoms with van der Waals surface area (Å²) in [6.07, 6.45) is 2.16. The molecule has 3 nitrogen and oxygen atoms in total. The molecule has 0 saturated carbocycles. The van der Waals surface area contributed by atoms with Crippen molar-refractivity contribution in [3.8, 4) is 0 Å². The highest BCUT2D eigenvalue weighted by Crippen LogP contribution is 2.25. The third-order valence-corrected chi connectivity index (χ3v) is 4.40. The van der Waals surface area contributed by atoms with Crippen molar-refractivity contribution in [1.82, 2.24) is 10.2 Å². The molecule has 1 rings (SSSR count). The van der Waals surface area contributed by atoms with Crippen LogP contribution in [0.25, 0.3) is 0 Å². The van der Waals surface area contributed by atoms with E-state index < -0.39 is 0 Å². The van der Waals surface area contributed by atoms with Gasteiger partial charge in [-0.1, -0.05) is 34.6 Å². The zero-order valence-electron chi connectivity index (χ0n) is 12.9. The van der Waals surface area contributed by atoms with Crippen LogP contribution in [0, 0.1) is 11.3 Å². The van der Waals surface area contributed by atoms with Crippen LogP contribution in [0.15, 0.2) is 0 Å². The maximum atomic E-state index is 9.98. The topological polar surface area (TPSA) is 35.5 Å². The first-order chi connectivity index (χ1) is 8.36. The Morgan fingerprint density at radius 2 is 2.11 bits per heavy atom. The van der Waals surface area contributed by atoms with Gasteiger partial charge in [0.1, 0.15) is 0 Å². The Bertz CT molecular complexity index is 245. The van der Waals surface area contributed by atoms with E-state index in [2.05, 4.69) is 44.8 Å². The quantitative estimate of drug-likeness (QED) is 0.764. The fourth-order valence-corrected chi connectivity index (χ4v) is 2.54. The van der Waals surface area contributed by atoms with Crippen molar-refractivity contribution < 1.29 is 5.11 Å². The molecule has 0 amide bonds. The van der Waals surface area contributed by atoms with Crippen molar-refractivity contribution in [2.75, 3.05) is 26.2 Å². The SMILES string of the molecule is CCC(C)(CNC(C)C)CN1CCC(C)C(O)C1. The van der Waals surface area contributed by atoms with E-state index in [-0.39, 0.29) is 6.10 Å². The van der Waals surface area contributed by atoms with Crippen LogP contribution in [0.2, 0.25) is 0 Å². The van der Waals surface area contributed by atoms with Crippen molar-refractivity contribution in [2.24, 2.45) is 11.3 Å². The summed E-state index contributed by atoms with van der Waals surface area (Å²) < 4.78 is 0. The number of rotatable bonds is 6. The fraction of sp³-hybridized carbons (Fsp3) is 1.00. The number of piperidine rings is 1. The highest BCUT2D eigenvalue weighted by Gasteiger charge is 2.30. The molecule has 1 aliphatic heterocycles. The van der Waals surface area contributed by atoms with Crippen molar-refractivity contribution in [3.63, 3.8) is 0 Å². The van der Waals surface area contributed by atoms with Crippen LogP contribution >= 0.6 is 0 Å². The van der Waals surface area contributed by atoms with Crippen molar-refractivity contribution in [3.05, 3.63) is 0 Å². The Morgan fingerprint density at radius 1 is 1.44 bits per heavy atom. The predicted molar refractivity (Wildman–Crippen MR) is 77.8 cm³/mol. The van der Waals surface area contributed by atoms with Gasteiger partial charge in [0.25, 0.3) is 0 Å². The largest absolute Gasteiger partial charge is 0.392 e. The standard InChI is InChI=1S/C15H32N2O/c1-6-15(5,10-16-12(2)3)11-17-8-7-13(4)14(18)9-17/h12-14,16,18H,6-11H2,1-5H3. The molecule has 0 aromatic heterocycles. The highest BCUT2D eigenvalue weighted by atomic mass is 16.3. The normalized spacial score (nSPS) is 29.5. The molecule has 1 heterocycles. The summed E-state index contributed by atoms with van der Waals surface area (Å²) >= 11 is 0. The average Bonchev–Trinajstić information content (AvgIpc) is 2.31. The molecule has 0 aromatic rings. The number of aliphatic hydroxyl groups is 1. The van der Waals surface area contributed by atoms with Gasteiger partial charge in [-0.05, 0) is 30.7 Å². The molecule has 1 aliphatic rings. The van der Waals surface area contributed by atoms with E-state index in [0.29, 0.717) is 17.4 Å². The van der Waals surface area contributed by atoms with Gasteiger partial charge in [-0.25, -0.2) is 0 Å². The Kier molecular flexibility index (Phi) is 6.09. The third kappa shape index (κ3) is 4.87. The average molecular weight is 256 g/mol. The first-order valence-electron chi connectivity index (χ1n) is 7.50. The van der Waals surface area contributed by atoms with E-state index in [4.69, 9.17) is 0 Å². The van der Waals surface area contributed by atoms with Crippen molar-refractivity contribution in [2.45, 2.75) is 59.6 Å². The Hall–Kier alpha value is -0.120. The van der Waals surface area contributed by atoms with Crippen LogP contribution in [-0.4, -0.2) is 48.3 Å². The summed E-state index contributed by atoms with van der Waals surface area (Å²) in [5.74, 6) is 0.461. The van der Waals surface area contributed by atoms with Crippen LogP contribution < -0.4 is 5.32 Å². The Balaban J connectivity index is 2.46. The lowest BCUT2D eigenvalue weighted by molar-refractivity contribution is 0.0112. The summed E-state index contributed by atoms with van der Waals surface area (Å²) in [4.78, 5) is 2.44. The predicted octanol–water partition coefficient (Wildman–Crippen LogP) is 2.10. The van der Waals surface area contributed by atoms with Gasteiger partial charge in [-0.3, -0.25) is 0 Å². The Morgan fingerprint density at radius 3 is 2.61 bits per heavy atom. The van der Waals surface area contributed by atoms with Crippen LogP contribution in [0.1, 0.15) is 47.5 Å². The minimum Gasteiger partial charge on any atom is -0.392 e. The van der Waals surface area contributed by atoms with Gasteiger partial charge >= 0.3 is 0 Å². The molecule has 0 aromatic carbocycles. The zero-order valence-corrected chi connectivity index (χ0v) is 12.9. The van der Waals surface area contributed by atoms with Crippen LogP contribution in [0.5, 0.6) is 0 Å². The van der Waals surface area contributed by atoms with Crippen molar-refractivity contribution in [1.29, 1.82) is 0 Å². The minimum absolute atomic E-state index is 0.141. The monoisotopic (exact) mass is 256 g/mol. The molecule has 3 heteroatoms. The first-order valence-corrected chi connectivity index (χ1v) is 7.50. The highest BCUT2D eigenvalue weighted by molar-refractivity contribution is 4.84. The van der Waals surface area contributed by atoms with E-state index in [9.17, 15) is 5.11 Å². The Labute approximate surface area is 113 Å². The second-order valence-electron chi connectivity index (χ2n) is 6.77. The second kappa shape index (κ2) is 6.88. The molecule has 0 aliphatic carbocycles. The first kappa shape index (κ1) is 15.9. The van der Waals surface area contributed by atoms with E-state index in [1.807, 2.05) is 0 Å². The number of nitrogens with zero attached hydrogens (tertiary/aromatic N) is 1. The molecule has 18 heavy (non-hydrogen) atoms. The molecular formula is C15H32N2O. The van der Waals surface area contributed by atoms with Gasteiger partial charge in [0.2, 0.25) is 0 Å². The second-order valence-corrected chi connectivity index (χ2v) is 6.77. The molecule has 1 saturated heterocycles. The van der Waals surface area contributed by atoms with Crippen LogP contribution in [0.3, 0.4) is 0 Å². The maximum absolute atomic E-state index is 9.98. The number of aliphatic hydroxyl groups excluding tert-OH is 1. The molecule has 0 bridgehead atoms. The molecule has 0 radical (unpaired) electrons. The third-order valence-electron chi connectivity index (χ3n) is 4.40. The van der Waals surface area contributed by atoms with Crippen LogP contribution in [0.4, 0.5) is 0 Å². The summed E-state index contributed by atoms with van der Waals surface area (Å²) in [5.41, 5.74) is 0.310. The van der Waals surface area contributed by atoms with Gasteiger partial charge in [0.15, 0.2) is 0 Å². The van der Waals surface area contributed by atoms with Crippen LogP contribution in [-0.2, 0) is 0 Å². The number of nitrogens with one attached hydrogen (secondary N) is 1. The summed E-state index contributed by atoms with van der Waals surface area (Å²) in [6, 6.07) is 0.544. The van der Waals surface area contributed by atoms with Crippen molar-refractivity contribution >= 4 is 0 Å². The molecular weight excluding hydrogens is 224 g/mol. The number of likely N-dealkylation sites (tertiary alicyclic amines) is 1. The lowest BCUT2D eigenvalue weighted by atomic mass is 9.85. The summed E-state index contributed by atoms with van der Waals surface area (Å²) in [6.45, 7) is 15.3. The molecule has 108 valence electrons. The lowest BCUT2D eigenvalue weighted by Crippen LogP contribution is -2.49. The molecule has 3 atom stereocenters. The minimum atomic E-state index is -0.141. The van der Waals surface area contributed by atoms with Gasteiger partial charge in [-0.15, -0.1) is 0 Å². The molecule has 2 N–H and O–H groups in total. The smallest absolute Gasteiger partial charge is 0.0693 e. The van der Waals surface area contributed by atoms with Gasteiger partial charge in [0.05, 0.1) is 6.10 Å². The van der Waals surface area contributed by atoms with E-state index in [1.54, 1.807) is 0 Å². The zero-order chi connectivity index (χ0) is 13.8. The van der Waals surface area contributed by atoms with Gasteiger partial charge in [-0.2, -0.15) is 0 Å². The lowest BCUT2D eigenvalue weighted by Gasteiger charge is -2.40. The maximum Gasteiger partial charge on any atom is 0.0693 e. The van der Waals surface area contributed by atoms with E-state index >= 15 is 0 Å². The summed E-state index contributed by atoms with van der Waals surface area (Å²) in [7, 11) is 0. The number of β-amino-alcohol motifs (C(OH)–C–C–N with tert-alkyl or cyclic N) is 1. The van der Waals surface area contributed by atoms with Gasteiger partial charge < -0.3 is 15.3 Å². The fourth-order valence-electron chi connectivity index (χ4n) is 2.54. The molecule has 0 spiro atoms. The molecule has 1 fully saturated rings. The van der Waals surface area contributed by atoms with E-state index in [0.717, 1.165) is 32.6 Å².